The molecular formula is C21H25N3O3S2. The van der Waals surface area contributed by atoms with Crippen LogP contribution >= 0.6 is 23.1 Å². The van der Waals surface area contributed by atoms with Gasteiger partial charge >= 0.3 is 0 Å². The number of hydrogen-bond acceptors (Lipinski definition) is 8. The minimum absolute atomic E-state index is 0.254. The summed E-state index contributed by atoms with van der Waals surface area (Å²) in [6.07, 6.45) is 4.02. The van der Waals surface area contributed by atoms with E-state index in [4.69, 9.17) is 15.2 Å². The molecule has 1 aromatic carbocycles. The zero-order valence-electron chi connectivity index (χ0n) is 16.4. The van der Waals surface area contributed by atoms with E-state index < -0.39 is 6.10 Å². The Balaban J connectivity index is 1.30. The molecule has 8 heteroatoms. The molecule has 154 valence electrons. The summed E-state index contributed by atoms with van der Waals surface area (Å²) in [6.45, 7) is 0.700. The summed E-state index contributed by atoms with van der Waals surface area (Å²) in [4.78, 5) is 11.5. The number of nitrogens with two attached hydrogens (primary N) is 1. The maximum atomic E-state index is 10.2. The van der Waals surface area contributed by atoms with Crippen molar-refractivity contribution < 1.29 is 14.6 Å². The van der Waals surface area contributed by atoms with Crippen LogP contribution in [0.3, 0.4) is 0 Å². The zero-order chi connectivity index (χ0) is 20.2. The maximum Gasteiger partial charge on any atom is 0.190 e. The van der Waals surface area contributed by atoms with E-state index >= 15 is 0 Å². The lowest BCUT2D eigenvalue weighted by Crippen LogP contribution is -2.18. The molecule has 0 radical (unpaired) electrons. The number of rotatable bonds is 8. The van der Waals surface area contributed by atoms with Gasteiger partial charge in [-0.1, -0.05) is 23.9 Å². The molecule has 0 unspecified atom stereocenters. The Morgan fingerprint density at radius 2 is 2.00 bits per heavy atom. The van der Waals surface area contributed by atoms with Crippen molar-refractivity contribution in [3.05, 3.63) is 40.3 Å². The number of aliphatic hydroxyl groups excluding tert-OH is 1. The van der Waals surface area contributed by atoms with Crippen LogP contribution in [0.15, 0.2) is 29.4 Å². The molecular weight excluding hydrogens is 406 g/mol. The van der Waals surface area contributed by atoms with Gasteiger partial charge in [0.25, 0.3) is 0 Å². The van der Waals surface area contributed by atoms with Gasteiger partial charge in [-0.25, -0.2) is 9.97 Å². The third-order valence-electron chi connectivity index (χ3n) is 4.96. The summed E-state index contributed by atoms with van der Waals surface area (Å²) in [5, 5.41) is 11.9. The average Bonchev–Trinajstić information content (AvgIpc) is 3.11. The fourth-order valence-electron chi connectivity index (χ4n) is 3.48. The smallest absolute Gasteiger partial charge is 0.190 e. The van der Waals surface area contributed by atoms with Crippen LogP contribution in [0.1, 0.15) is 28.8 Å². The van der Waals surface area contributed by atoms with Gasteiger partial charge in [0, 0.05) is 10.6 Å². The highest BCUT2D eigenvalue weighted by molar-refractivity contribution is 7.99. The molecule has 1 atom stereocenters. The number of aromatic nitrogens is 2. The third-order valence-corrected chi connectivity index (χ3v) is 7.14. The van der Waals surface area contributed by atoms with Gasteiger partial charge in [0.05, 0.1) is 31.8 Å². The average molecular weight is 432 g/mol. The van der Waals surface area contributed by atoms with Crippen molar-refractivity contribution in [2.75, 3.05) is 25.2 Å². The van der Waals surface area contributed by atoms with E-state index in [-0.39, 0.29) is 6.61 Å². The molecule has 0 spiro atoms. The van der Waals surface area contributed by atoms with Gasteiger partial charge in [0.2, 0.25) is 0 Å². The number of aliphatic hydroxyl groups is 1. The molecule has 2 aromatic heterocycles. The van der Waals surface area contributed by atoms with Crippen LogP contribution in [-0.4, -0.2) is 40.6 Å². The lowest BCUT2D eigenvalue weighted by atomic mass is 9.97. The number of ether oxygens (including phenoxy) is 2. The van der Waals surface area contributed by atoms with Crippen molar-refractivity contribution >= 4 is 39.1 Å². The minimum Gasteiger partial charge on any atom is -0.497 e. The van der Waals surface area contributed by atoms with Crippen molar-refractivity contribution in [3.8, 4) is 5.75 Å². The molecule has 0 aliphatic heterocycles. The number of nitrogen functional groups attached to an aromatic ring is 1. The molecule has 0 saturated heterocycles. The zero-order valence-corrected chi connectivity index (χ0v) is 18.0. The fraction of sp³-hybridized carbons (Fsp3) is 0.429. The van der Waals surface area contributed by atoms with Gasteiger partial charge in [-0.15, -0.1) is 11.3 Å². The number of thioether (sulfide) groups is 1. The first-order chi connectivity index (χ1) is 14.1. The Morgan fingerprint density at radius 1 is 1.21 bits per heavy atom. The Hall–Kier alpha value is -1.87. The molecule has 4 rings (SSSR count). The van der Waals surface area contributed by atoms with E-state index in [1.54, 1.807) is 18.4 Å². The van der Waals surface area contributed by atoms with E-state index in [0.29, 0.717) is 23.3 Å². The Bertz CT molecular complexity index is 975. The molecule has 0 bridgehead atoms. The van der Waals surface area contributed by atoms with Crippen molar-refractivity contribution in [3.63, 3.8) is 0 Å². The van der Waals surface area contributed by atoms with E-state index in [1.165, 1.54) is 35.0 Å². The normalized spacial score (nSPS) is 14.7. The van der Waals surface area contributed by atoms with E-state index in [9.17, 15) is 5.11 Å². The predicted octanol–water partition coefficient (Wildman–Crippen LogP) is 3.83. The second-order valence-corrected chi connectivity index (χ2v) is 9.18. The third kappa shape index (κ3) is 4.83. The molecule has 0 amide bonds. The molecule has 3 N–H and O–H groups in total. The molecule has 0 fully saturated rings. The number of hydrogen-bond donors (Lipinski definition) is 2. The number of aryl methyl sites for hydroxylation is 2. The van der Waals surface area contributed by atoms with Crippen molar-refractivity contribution in [2.24, 2.45) is 0 Å². The van der Waals surface area contributed by atoms with Crippen LogP contribution in [0, 0.1) is 0 Å². The van der Waals surface area contributed by atoms with Crippen LogP contribution < -0.4 is 10.5 Å². The molecule has 1 aliphatic carbocycles. The van der Waals surface area contributed by atoms with E-state index in [2.05, 4.69) is 9.97 Å². The first kappa shape index (κ1) is 20.4. The Morgan fingerprint density at radius 3 is 2.79 bits per heavy atom. The first-order valence-corrected chi connectivity index (χ1v) is 11.5. The monoisotopic (exact) mass is 431 g/mol. The number of thiophene rings is 1. The summed E-state index contributed by atoms with van der Waals surface area (Å²) >= 11 is 3.15. The number of benzene rings is 1. The van der Waals surface area contributed by atoms with Gasteiger partial charge in [-0.2, -0.15) is 0 Å². The number of methoxy groups -OCH3 is 1. The quantitative estimate of drug-likeness (QED) is 0.414. The molecule has 0 saturated carbocycles. The summed E-state index contributed by atoms with van der Waals surface area (Å²) in [7, 11) is 1.64. The highest BCUT2D eigenvalue weighted by Gasteiger charge is 2.20. The molecule has 1 aliphatic rings. The predicted molar refractivity (Wildman–Crippen MR) is 118 cm³/mol. The Kier molecular flexibility index (Phi) is 6.54. The topological polar surface area (TPSA) is 90.5 Å². The number of fused-ring (bicyclic) bond motifs is 3. The van der Waals surface area contributed by atoms with Gasteiger partial charge in [-0.3, -0.25) is 0 Å². The van der Waals surface area contributed by atoms with Gasteiger partial charge in [0.15, 0.2) is 5.16 Å². The lowest BCUT2D eigenvalue weighted by molar-refractivity contribution is 0.0397. The van der Waals surface area contributed by atoms with Crippen LogP contribution in [0.25, 0.3) is 10.2 Å². The lowest BCUT2D eigenvalue weighted by Gasteiger charge is -2.12. The SMILES string of the molecule is COc1ccc(COC[C@H](O)CSc2nc(N)c3c4c(sc3n2)CCCC4)cc1. The summed E-state index contributed by atoms with van der Waals surface area (Å²) in [6, 6.07) is 7.69. The number of nitrogens with zero attached hydrogens (tertiary/aromatic N) is 2. The maximum absolute atomic E-state index is 10.2. The molecule has 3 aromatic rings. The van der Waals surface area contributed by atoms with Crippen LogP contribution in [-0.2, 0) is 24.2 Å². The summed E-state index contributed by atoms with van der Waals surface area (Å²) in [5.41, 5.74) is 8.62. The van der Waals surface area contributed by atoms with Gasteiger partial charge in [0.1, 0.15) is 16.4 Å². The number of anilines is 1. The molecule has 29 heavy (non-hydrogen) atoms. The highest BCUT2D eigenvalue weighted by Crippen LogP contribution is 2.38. The molecule has 2 heterocycles. The standard InChI is InChI=1S/C21H25N3O3S2/c1-26-15-8-6-13(7-9-15)10-27-11-14(25)12-28-21-23-19(22)18-16-4-2-3-5-17(16)29-20(18)24-21/h6-9,14,25H,2-5,10-12H2,1H3,(H2,22,23,24)/t14-/m0/s1. The fourth-order valence-corrected chi connectivity index (χ4v) is 5.57. The summed E-state index contributed by atoms with van der Waals surface area (Å²) in [5.74, 6) is 1.83. The van der Waals surface area contributed by atoms with Gasteiger partial charge < -0.3 is 20.3 Å². The van der Waals surface area contributed by atoms with Crippen molar-refractivity contribution in [1.29, 1.82) is 0 Å². The Labute approximate surface area is 178 Å². The van der Waals surface area contributed by atoms with Crippen LogP contribution in [0.5, 0.6) is 5.75 Å². The van der Waals surface area contributed by atoms with E-state index in [1.807, 2.05) is 24.3 Å². The minimum atomic E-state index is -0.602. The van der Waals surface area contributed by atoms with Crippen LogP contribution in [0.2, 0.25) is 0 Å². The first-order valence-electron chi connectivity index (χ1n) is 9.73. The van der Waals surface area contributed by atoms with Crippen molar-refractivity contribution in [2.45, 2.75) is 43.6 Å². The van der Waals surface area contributed by atoms with E-state index in [0.717, 1.165) is 34.4 Å². The second-order valence-electron chi connectivity index (χ2n) is 7.11. The van der Waals surface area contributed by atoms with Crippen LogP contribution in [0.4, 0.5) is 5.82 Å². The summed E-state index contributed by atoms with van der Waals surface area (Å²) < 4.78 is 10.8. The highest BCUT2D eigenvalue weighted by atomic mass is 32.2. The van der Waals surface area contributed by atoms with Gasteiger partial charge in [-0.05, 0) is 48.9 Å². The molecule has 6 nitrogen and oxygen atoms in total. The largest absolute Gasteiger partial charge is 0.497 e. The van der Waals surface area contributed by atoms with Crippen molar-refractivity contribution in [1.82, 2.24) is 9.97 Å². The second kappa shape index (κ2) is 9.30.